The summed E-state index contributed by atoms with van der Waals surface area (Å²) in [6.07, 6.45) is 3.40. The van der Waals surface area contributed by atoms with Gasteiger partial charge in [0.1, 0.15) is 0 Å². The van der Waals surface area contributed by atoms with Crippen molar-refractivity contribution in [3.63, 3.8) is 0 Å². The predicted molar refractivity (Wildman–Crippen MR) is 75.8 cm³/mol. The van der Waals surface area contributed by atoms with Crippen LogP contribution in [0.3, 0.4) is 0 Å². The standard InChI is InChI=1S/C16H22N2O/c1-10-3-5-12(6-4-10)11(2)17-16(19)14-9-13-7-8-15(14)18-13/h3-6,11,13-15,18H,7-9H2,1-2H3,(H,17,19)/t11-,13?,14?,15?/m1/s1. The first-order valence-electron chi connectivity index (χ1n) is 7.26. The second-order valence-corrected chi connectivity index (χ2v) is 6.03. The first kappa shape index (κ1) is 12.7. The van der Waals surface area contributed by atoms with E-state index in [1.54, 1.807) is 0 Å². The molecule has 0 saturated carbocycles. The summed E-state index contributed by atoms with van der Waals surface area (Å²) in [5.41, 5.74) is 2.43. The largest absolute Gasteiger partial charge is 0.349 e. The van der Waals surface area contributed by atoms with Gasteiger partial charge in [0.15, 0.2) is 0 Å². The summed E-state index contributed by atoms with van der Waals surface area (Å²) in [7, 11) is 0. The zero-order chi connectivity index (χ0) is 13.4. The van der Waals surface area contributed by atoms with Crippen molar-refractivity contribution in [2.75, 3.05) is 0 Å². The minimum absolute atomic E-state index is 0.0900. The molecule has 2 fully saturated rings. The number of nitrogens with one attached hydrogen (secondary N) is 2. The van der Waals surface area contributed by atoms with Crippen LogP contribution in [0.2, 0.25) is 0 Å². The fraction of sp³-hybridized carbons (Fsp3) is 0.562. The summed E-state index contributed by atoms with van der Waals surface area (Å²) >= 11 is 0. The van der Waals surface area contributed by atoms with Crippen LogP contribution in [0.1, 0.15) is 43.4 Å². The maximum atomic E-state index is 12.3. The molecule has 2 N–H and O–H groups in total. The number of rotatable bonds is 3. The van der Waals surface area contributed by atoms with E-state index in [0.29, 0.717) is 12.1 Å². The average Bonchev–Trinajstić information content (AvgIpc) is 3.01. The Morgan fingerprint density at radius 1 is 1.32 bits per heavy atom. The maximum absolute atomic E-state index is 12.3. The Hall–Kier alpha value is -1.35. The lowest BCUT2D eigenvalue weighted by molar-refractivity contribution is -0.126. The number of fused-ring (bicyclic) bond motifs is 2. The predicted octanol–water partition coefficient (Wildman–Crippen LogP) is 2.31. The minimum Gasteiger partial charge on any atom is -0.349 e. The smallest absolute Gasteiger partial charge is 0.225 e. The summed E-state index contributed by atoms with van der Waals surface area (Å²) in [4.78, 5) is 12.3. The van der Waals surface area contributed by atoms with Crippen LogP contribution in [-0.4, -0.2) is 18.0 Å². The maximum Gasteiger partial charge on any atom is 0.225 e. The summed E-state index contributed by atoms with van der Waals surface area (Å²) < 4.78 is 0. The second kappa shape index (κ2) is 4.97. The van der Waals surface area contributed by atoms with E-state index in [0.717, 1.165) is 12.8 Å². The van der Waals surface area contributed by atoms with Crippen LogP contribution >= 0.6 is 0 Å². The van der Waals surface area contributed by atoms with Gasteiger partial charge in [-0.2, -0.15) is 0 Å². The number of hydrogen-bond donors (Lipinski definition) is 2. The first-order valence-corrected chi connectivity index (χ1v) is 7.26. The Balaban J connectivity index is 1.61. The molecule has 1 amide bonds. The molecule has 0 aliphatic carbocycles. The number of benzene rings is 1. The van der Waals surface area contributed by atoms with Crippen molar-refractivity contribution in [3.05, 3.63) is 35.4 Å². The Labute approximate surface area is 114 Å². The molecule has 1 aromatic rings. The number of hydrogen-bond acceptors (Lipinski definition) is 2. The van der Waals surface area contributed by atoms with Crippen molar-refractivity contribution >= 4 is 5.91 Å². The molecule has 3 unspecified atom stereocenters. The molecule has 3 heteroatoms. The molecule has 2 saturated heterocycles. The molecule has 0 radical (unpaired) electrons. The number of carbonyl (C=O) groups excluding carboxylic acids is 1. The Bertz CT molecular complexity index is 468. The van der Waals surface area contributed by atoms with Gasteiger partial charge in [-0.25, -0.2) is 0 Å². The van der Waals surface area contributed by atoms with E-state index in [4.69, 9.17) is 0 Å². The third-order valence-electron chi connectivity index (χ3n) is 4.57. The summed E-state index contributed by atoms with van der Waals surface area (Å²) in [6, 6.07) is 9.46. The zero-order valence-corrected chi connectivity index (χ0v) is 11.6. The van der Waals surface area contributed by atoms with Gasteiger partial charge in [0, 0.05) is 12.1 Å². The lowest BCUT2D eigenvalue weighted by Gasteiger charge is -2.22. The average molecular weight is 258 g/mol. The molecule has 3 rings (SSSR count). The van der Waals surface area contributed by atoms with Crippen molar-refractivity contribution in [2.24, 2.45) is 5.92 Å². The fourth-order valence-electron chi connectivity index (χ4n) is 3.37. The van der Waals surface area contributed by atoms with Gasteiger partial charge in [-0.1, -0.05) is 29.8 Å². The summed E-state index contributed by atoms with van der Waals surface area (Å²) in [5, 5.41) is 6.68. The van der Waals surface area contributed by atoms with Gasteiger partial charge in [-0.05, 0) is 38.7 Å². The van der Waals surface area contributed by atoms with E-state index in [-0.39, 0.29) is 17.9 Å². The van der Waals surface area contributed by atoms with E-state index in [2.05, 4.69) is 48.7 Å². The van der Waals surface area contributed by atoms with Gasteiger partial charge in [-0.15, -0.1) is 0 Å². The van der Waals surface area contributed by atoms with E-state index in [1.165, 1.54) is 17.5 Å². The van der Waals surface area contributed by atoms with Crippen molar-refractivity contribution in [2.45, 2.75) is 51.2 Å². The topological polar surface area (TPSA) is 41.1 Å². The van der Waals surface area contributed by atoms with Crippen LogP contribution < -0.4 is 10.6 Å². The molecule has 3 nitrogen and oxygen atoms in total. The van der Waals surface area contributed by atoms with Crippen LogP contribution in [0.4, 0.5) is 0 Å². The minimum atomic E-state index is 0.0900. The molecule has 102 valence electrons. The highest BCUT2D eigenvalue weighted by molar-refractivity contribution is 5.80. The monoisotopic (exact) mass is 258 g/mol. The van der Waals surface area contributed by atoms with E-state index < -0.39 is 0 Å². The highest BCUT2D eigenvalue weighted by atomic mass is 16.2. The molecule has 19 heavy (non-hydrogen) atoms. The lowest BCUT2D eigenvalue weighted by Crippen LogP contribution is -2.38. The normalized spacial score (nSPS) is 30.3. The van der Waals surface area contributed by atoms with Crippen LogP contribution in [-0.2, 0) is 4.79 Å². The third kappa shape index (κ3) is 2.52. The lowest BCUT2D eigenvalue weighted by atomic mass is 9.88. The number of carbonyl (C=O) groups is 1. The Morgan fingerprint density at radius 3 is 2.63 bits per heavy atom. The van der Waals surface area contributed by atoms with Gasteiger partial charge in [0.05, 0.1) is 12.0 Å². The first-order chi connectivity index (χ1) is 9.13. The molecule has 0 spiro atoms. The second-order valence-electron chi connectivity index (χ2n) is 6.03. The van der Waals surface area contributed by atoms with Crippen LogP contribution in [0, 0.1) is 12.8 Å². The Kier molecular flexibility index (Phi) is 3.31. The van der Waals surface area contributed by atoms with Gasteiger partial charge in [0.2, 0.25) is 5.91 Å². The molecule has 2 aliphatic rings. The molecule has 1 aromatic carbocycles. The zero-order valence-electron chi connectivity index (χ0n) is 11.6. The van der Waals surface area contributed by atoms with E-state index >= 15 is 0 Å². The number of aryl methyl sites for hydroxylation is 1. The van der Waals surface area contributed by atoms with Crippen molar-refractivity contribution in [1.29, 1.82) is 0 Å². The summed E-state index contributed by atoms with van der Waals surface area (Å²) in [6.45, 7) is 4.14. The van der Waals surface area contributed by atoms with Crippen LogP contribution in [0.5, 0.6) is 0 Å². The molecule has 2 heterocycles. The van der Waals surface area contributed by atoms with Crippen LogP contribution in [0.15, 0.2) is 24.3 Å². The van der Waals surface area contributed by atoms with Crippen molar-refractivity contribution in [1.82, 2.24) is 10.6 Å². The molecule has 0 aromatic heterocycles. The van der Waals surface area contributed by atoms with Crippen LogP contribution in [0.25, 0.3) is 0 Å². The van der Waals surface area contributed by atoms with E-state index in [1.807, 2.05) is 0 Å². The van der Waals surface area contributed by atoms with Crippen molar-refractivity contribution in [3.8, 4) is 0 Å². The molecular weight excluding hydrogens is 236 g/mol. The van der Waals surface area contributed by atoms with Gasteiger partial charge >= 0.3 is 0 Å². The van der Waals surface area contributed by atoms with Gasteiger partial charge < -0.3 is 10.6 Å². The summed E-state index contributed by atoms with van der Waals surface area (Å²) in [5.74, 6) is 0.388. The Morgan fingerprint density at radius 2 is 2.05 bits per heavy atom. The molecule has 2 aliphatic heterocycles. The highest BCUT2D eigenvalue weighted by Crippen LogP contribution is 2.33. The van der Waals surface area contributed by atoms with Gasteiger partial charge in [0.25, 0.3) is 0 Å². The van der Waals surface area contributed by atoms with Crippen molar-refractivity contribution < 1.29 is 4.79 Å². The molecular formula is C16H22N2O. The molecule has 4 atom stereocenters. The van der Waals surface area contributed by atoms with Gasteiger partial charge in [-0.3, -0.25) is 4.79 Å². The number of amides is 1. The van der Waals surface area contributed by atoms with E-state index in [9.17, 15) is 4.79 Å². The SMILES string of the molecule is Cc1ccc([C@@H](C)NC(=O)C2CC3CCC2N3)cc1. The molecule has 2 bridgehead atoms. The fourth-order valence-corrected chi connectivity index (χ4v) is 3.37. The third-order valence-corrected chi connectivity index (χ3v) is 4.57. The highest BCUT2D eigenvalue weighted by Gasteiger charge is 2.42. The quantitative estimate of drug-likeness (QED) is 0.873.